The molecule has 1 unspecified atom stereocenters. The first-order chi connectivity index (χ1) is 10.6. The zero-order chi connectivity index (χ0) is 15.7. The Kier molecular flexibility index (Phi) is 3.54. The van der Waals surface area contributed by atoms with Crippen molar-refractivity contribution in [2.45, 2.75) is 19.3 Å². The van der Waals surface area contributed by atoms with E-state index in [9.17, 15) is 4.79 Å². The zero-order valence-electron chi connectivity index (χ0n) is 12.2. The van der Waals surface area contributed by atoms with Crippen molar-refractivity contribution >= 4 is 23.5 Å². The summed E-state index contributed by atoms with van der Waals surface area (Å²) >= 11 is 0. The largest absolute Gasteiger partial charge is 0.494 e. The standard InChI is InChI=1S/C15H17N5O2/c1-2-22-9-5-3-8(4-6-9)10-7-11(21)18-14-12(10)13(16)19-15(17)20-14/h3-6,10H,2,7H2,1H3,(H5,16,17,18,19,20,21). The number of aromatic nitrogens is 2. The SMILES string of the molecule is CCOc1ccc(C2CC(=O)Nc3nc(N)nc(N)c32)cc1. The van der Waals surface area contributed by atoms with Crippen LogP contribution in [0.25, 0.3) is 0 Å². The molecule has 0 aliphatic carbocycles. The fourth-order valence-corrected chi connectivity index (χ4v) is 2.66. The summed E-state index contributed by atoms with van der Waals surface area (Å²) in [5, 5.41) is 2.70. The highest BCUT2D eigenvalue weighted by molar-refractivity contribution is 5.95. The Bertz CT molecular complexity index is 715. The average Bonchev–Trinajstić information content (AvgIpc) is 2.46. The lowest BCUT2D eigenvalue weighted by molar-refractivity contribution is -0.116. The van der Waals surface area contributed by atoms with Crippen LogP contribution in [0.15, 0.2) is 24.3 Å². The van der Waals surface area contributed by atoms with Crippen LogP contribution in [-0.4, -0.2) is 22.5 Å². The molecule has 1 aromatic heterocycles. The van der Waals surface area contributed by atoms with E-state index < -0.39 is 0 Å². The quantitative estimate of drug-likeness (QED) is 0.791. The highest BCUT2D eigenvalue weighted by atomic mass is 16.5. The molecule has 0 saturated heterocycles. The van der Waals surface area contributed by atoms with Gasteiger partial charge in [-0.15, -0.1) is 0 Å². The number of nitrogens with zero attached hydrogens (tertiary/aromatic N) is 2. The van der Waals surface area contributed by atoms with Crippen LogP contribution in [0, 0.1) is 0 Å². The van der Waals surface area contributed by atoms with E-state index in [0.29, 0.717) is 30.2 Å². The first-order valence-electron chi connectivity index (χ1n) is 7.04. The molecule has 5 N–H and O–H groups in total. The number of hydrogen-bond donors (Lipinski definition) is 3. The number of rotatable bonds is 3. The van der Waals surface area contributed by atoms with Crippen molar-refractivity contribution in [3.8, 4) is 5.75 Å². The van der Waals surface area contributed by atoms with Gasteiger partial charge in [0.15, 0.2) is 0 Å². The minimum atomic E-state index is -0.194. The summed E-state index contributed by atoms with van der Waals surface area (Å²) in [5.41, 5.74) is 13.2. The molecular formula is C15H17N5O2. The minimum absolute atomic E-state index is 0.0453. The summed E-state index contributed by atoms with van der Waals surface area (Å²) in [6.45, 7) is 2.53. The Morgan fingerprint density at radius 2 is 2.00 bits per heavy atom. The van der Waals surface area contributed by atoms with Crippen LogP contribution in [-0.2, 0) is 4.79 Å². The van der Waals surface area contributed by atoms with E-state index in [2.05, 4.69) is 15.3 Å². The van der Waals surface area contributed by atoms with Crippen molar-refractivity contribution in [3.63, 3.8) is 0 Å². The van der Waals surface area contributed by atoms with Gasteiger partial charge in [-0.2, -0.15) is 9.97 Å². The van der Waals surface area contributed by atoms with Gasteiger partial charge in [0.05, 0.1) is 6.61 Å². The Morgan fingerprint density at radius 3 is 2.68 bits per heavy atom. The van der Waals surface area contributed by atoms with Crippen LogP contribution < -0.4 is 21.5 Å². The monoisotopic (exact) mass is 299 g/mol. The molecule has 1 atom stereocenters. The lowest BCUT2D eigenvalue weighted by atomic mass is 9.86. The van der Waals surface area contributed by atoms with E-state index in [0.717, 1.165) is 11.3 Å². The van der Waals surface area contributed by atoms with E-state index in [1.54, 1.807) is 0 Å². The smallest absolute Gasteiger partial charge is 0.226 e. The van der Waals surface area contributed by atoms with Crippen LogP contribution in [0.2, 0.25) is 0 Å². The van der Waals surface area contributed by atoms with Crippen molar-refractivity contribution in [3.05, 3.63) is 35.4 Å². The van der Waals surface area contributed by atoms with Crippen molar-refractivity contribution in [1.82, 2.24) is 9.97 Å². The van der Waals surface area contributed by atoms with Gasteiger partial charge in [-0.05, 0) is 24.6 Å². The van der Waals surface area contributed by atoms with Crippen LogP contribution >= 0.6 is 0 Å². The maximum Gasteiger partial charge on any atom is 0.226 e. The van der Waals surface area contributed by atoms with Crippen molar-refractivity contribution in [1.29, 1.82) is 0 Å². The highest BCUT2D eigenvalue weighted by Gasteiger charge is 2.30. The molecule has 3 rings (SSSR count). The Morgan fingerprint density at radius 1 is 1.27 bits per heavy atom. The minimum Gasteiger partial charge on any atom is -0.494 e. The van der Waals surface area contributed by atoms with E-state index in [1.165, 1.54) is 0 Å². The molecule has 0 bridgehead atoms. The van der Waals surface area contributed by atoms with Gasteiger partial charge in [0.2, 0.25) is 11.9 Å². The fraction of sp³-hybridized carbons (Fsp3) is 0.267. The number of nitrogen functional groups attached to an aromatic ring is 2. The number of anilines is 3. The maximum atomic E-state index is 11.9. The molecule has 7 heteroatoms. The molecule has 0 radical (unpaired) electrons. The van der Waals surface area contributed by atoms with Gasteiger partial charge in [0, 0.05) is 17.9 Å². The van der Waals surface area contributed by atoms with E-state index >= 15 is 0 Å². The second-order valence-electron chi connectivity index (χ2n) is 5.04. The molecule has 0 fully saturated rings. The number of amides is 1. The average molecular weight is 299 g/mol. The zero-order valence-corrected chi connectivity index (χ0v) is 12.2. The summed E-state index contributed by atoms with van der Waals surface area (Å²) in [4.78, 5) is 20.0. The molecule has 114 valence electrons. The highest BCUT2D eigenvalue weighted by Crippen LogP contribution is 2.39. The summed E-state index contributed by atoms with van der Waals surface area (Å²) in [5.74, 6) is 1.20. The van der Waals surface area contributed by atoms with Crippen molar-refractivity contribution in [2.24, 2.45) is 0 Å². The maximum absolute atomic E-state index is 11.9. The van der Waals surface area contributed by atoms with Gasteiger partial charge < -0.3 is 21.5 Å². The number of nitrogens with one attached hydrogen (secondary N) is 1. The number of fused-ring (bicyclic) bond motifs is 1. The number of nitrogens with two attached hydrogens (primary N) is 2. The number of benzene rings is 1. The molecule has 2 aromatic rings. The molecule has 1 aliphatic rings. The lowest BCUT2D eigenvalue weighted by Crippen LogP contribution is -2.26. The van der Waals surface area contributed by atoms with Crippen LogP contribution in [0.3, 0.4) is 0 Å². The normalized spacial score (nSPS) is 16.8. The van der Waals surface area contributed by atoms with Crippen LogP contribution in [0.1, 0.15) is 30.4 Å². The molecule has 1 amide bonds. The number of carbonyl (C=O) groups is 1. The number of ether oxygens (including phenoxy) is 1. The Hall–Kier alpha value is -2.83. The molecular weight excluding hydrogens is 282 g/mol. The molecule has 0 spiro atoms. The van der Waals surface area contributed by atoms with E-state index in [4.69, 9.17) is 16.2 Å². The van der Waals surface area contributed by atoms with Gasteiger partial charge in [0.1, 0.15) is 17.4 Å². The van der Waals surface area contributed by atoms with Crippen molar-refractivity contribution in [2.75, 3.05) is 23.4 Å². The van der Waals surface area contributed by atoms with E-state index in [1.807, 2.05) is 31.2 Å². The number of carbonyl (C=O) groups excluding carboxylic acids is 1. The topological polar surface area (TPSA) is 116 Å². The van der Waals surface area contributed by atoms with Gasteiger partial charge in [0.25, 0.3) is 0 Å². The fourth-order valence-electron chi connectivity index (χ4n) is 2.66. The number of hydrogen-bond acceptors (Lipinski definition) is 6. The third kappa shape index (κ3) is 2.52. The first kappa shape index (κ1) is 14.1. The second kappa shape index (κ2) is 5.51. The summed E-state index contributed by atoms with van der Waals surface area (Å²) in [6.07, 6.45) is 0.290. The van der Waals surface area contributed by atoms with Gasteiger partial charge in [-0.3, -0.25) is 4.79 Å². The third-order valence-electron chi connectivity index (χ3n) is 3.58. The third-order valence-corrected chi connectivity index (χ3v) is 3.58. The summed E-state index contributed by atoms with van der Waals surface area (Å²) in [7, 11) is 0. The molecule has 1 aromatic carbocycles. The predicted octanol–water partition coefficient (Wildman–Crippen LogP) is 1.51. The first-order valence-corrected chi connectivity index (χ1v) is 7.04. The van der Waals surface area contributed by atoms with Crippen LogP contribution in [0.5, 0.6) is 5.75 Å². The van der Waals surface area contributed by atoms with E-state index in [-0.39, 0.29) is 17.8 Å². The Balaban J connectivity index is 2.03. The Labute approximate surface area is 127 Å². The van der Waals surface area contributed by atoms with Gasteiger partial charge in [-0.25, -0.2) is 0 Å². The molecule has 1 aliphatic heterocycles. The molecule has 7 nitrogen and oxygen atoms in total. The van der Waals surface area contributed by atoms with Crippen LogP contribution in [0.4, 0.5) is 17.6 Å². The van der Waals surface area contributed by atoms with Gasteiger partial charge >= 0.3 is 0 Å². The van der Waals surface area contributed by atoms with Gasteiger partial charge in [-0.1, -0.05) is 12.1 Å². The summed E-state index contributed by atoms with van der Waals surface area (Å²) in [6, 6.07) is 7.60. The van der Waals surface area contributed by atoms with Crippen molar-refractivity contribution < 1.29 is 9.53 Å². The molecule has 2 heterocycles. The predicted molar refractivity (Wildman–Crippen MR) is 83.6 cm³/mol. The summed E-state index contributed by atoms with van der Waals surface area (Å²) < 4.78 is 5.43. The second-order valence-corrected chi connectivity index (χ2v) is 5.04. The lowest BCUT2D eigenvalue weighted by Gasteiger charge is -2.26. The molecule has 0 saturated carbocycles. The molecule has 22 heavy (non-hydrogen) atoms.